The van der Waals surface area contributed by atoms with Gasteiger partial charge in [-0.05, 0) is 68.5 Å². The summed E-state index contributed by atoms with van der Waals surface area (Å²) in [4.78, 5) is 20.1. The molecule has 0 saturated carbocycles. The van der Waals surface area contributed by atoms with Crippen LogP contribution in [0, 0.1) is 13.8 Å². The number of carbonyl (C=O) groups excluding carboxylic acids is 1. The Morgan fingerprint density at radius 1 is 1.12 bits per heavy atom. The number of amides is 1. The van der Waals surface area contributed by atoms with Crippen molar-refractivity contribution in [1.82, 2.24) is 19.5 Å². The van der Waals surface area contributed by atoms with Crippen LogP contribution in [0.4, 0.5) is 0 Å². The van der Waals surface area contributed by atoms with Crippen molar-refractivity contribution in [2.45, 2.75) is 45.6 Å². The first-order chi connectivity index (χ1) is 15.6. The van der Waals surface area contributed by atoms with Crippen molar-refractivity contribution in [2.75, 3.05) is 13.7 Å². The van der Waals surface area contributed by atoms with Gasteiger partial charge in [-0.3, -0.25) is 4.79 Å². The highest BCUT2D eigenvalue weighted by Crippen LogP contribution is 2.33. The Morgan fingerprint density at radius 2 is 1.91 bits per heavy atom. The molecule has 3 heterocycles. The fourth-order valence-electron chi connectivity index (χ4n) is 4.95. The van der Waals surface area contributed by atoms with Crippen molar-refractivity contribution in [3.05, 3.63) is 71.0 Å². The Balaban J connectivity index is 1.36. The van der Waals surface area contributed by atoms with Gasteiger partial charge in [-0.1, -0.05) is 24.3 Å². The molecule has 1 atom stereocenters. The molecule has 0 radical (unpaired) electrons. The molecule has 0 bridgehead atoms. The normalized spacial score (nSPS) is 16.2. The summed E-state index contributed by atoms with van der Waals surface area (Å²) >= 11 is 0. The Morgan fingerprint density at radius 3 is 2.69 bits per heavy atom. The predicted molar refractivity (Wildman–Crippen MR) is 125 cm³/mol. The molecule has 164 valence electrons. The van der Waals surface area contributed by atoms with Crippen LogP contribution in [0.25, 0.3) is 16.6 Å². The second kappa shape index (κ2) is 8.26. The van der Waals surface area contributed by atoms with Gasteiger partial charge >= 0.3 is 0 Å². The lowest BCUT2D eigenvalue weighted by atomic mass is 10.0. The lowest BCUT2D eigenvalue weighted by Crippen LogP contribution is -2.30. The number of likely N-dealkylation sites (tertiary alicyclic amines) is 1. The molecule has 1 saturated heterocycles. The Bertz CT molecular complexity index is 1290. The van der Waals surface area contributed by atoms with Gasteiger partial charge in [0.2, 0.25) is 5.91 Å². The molecule has 1 fully saturated rings. The fraction of sp³-hybridized carbons (Fsp3) is 0.346. The molecule has 2 aromatic heterocycles. The molecule has 5 rings (SSSR count). The molecule has 0 aliphatic carbocycles. The minimum atomic E-state index is 0.146. The van der Waals surface area contributed by atoms with E-state index < -0.39 is 0 Å². The van der Waals surface area contributed by atoms with E-state index in [-0.39, 0.29) is 11.9 Å². The SMILES string of the molecule is COc1ccc([C@@H]2CCCN2C(=O)CCc2c(C)nc3c4ccccc4nn3c2C)cc1. The number of methoxy groups -OCH3 is 1. The van der Waals surface area contributed by atoms with E-state index in [1.807, 2.05) is 46.7 Å². The number of aromatic nitrogens is 3. The lowest BCUT2D eigenvalue weighted by molar-refractivity contribution is -0.132. The lowest BCUT2D eigenvalue weighted by Gasteiger charge is -2.25. The number of aryl methyl sites for hydroxylation is 2. The molecule has 1 aliphatic heterocycles. The summed E-state index contributed by atoms with van der Waals surface area (Å²) in [5.74, 6) is 1.04. The largest absolute Gasteiger partial charge is 0.497 e. The summed E-state index contributed by atoms with van der Waals surface area (Å²) in [5.41, 5.74) is 6.14. The van der Waals surface area contributed by atoms with Gasteiger partial charge < -0.3 is 9.64 Å². The van der Waals surface area contributed by atoms with Crippen molar-refractivity contribution in [3.8, 4) is 5.75 Å². The molecule has 1 aliphatic rings. The molecule has 0 N–H and O–H groups in total. The van der Waals surface area contributed by atoms with E-state index in [2.05, 4.69) is 25.1 Å². The van der Waals surface area contributed by atoms with E-state index in [0.29, 0.717) is 12.8 Å². The van der Waals surface area contributed by atoms with Crippen LogP contribution in [0.5, 0.6) is 5.75 Å². The van der Waals surface area contributed by atoms with Gasteiger partial charge in [0.1, 0.15) is 5.75 Å². The van der Waals surface area contributed by atoms with Crippen LogP contribution in [-0.2, 0) is 11.2 Å². The minimum Gasteiger partial charge on any atom is -0.497 e. The number of fused-ring (bicyclic) bond motifs is 3. The number of hydrogen-bond donors (Lipinski definition) is 0. The zero-order chi connectivity index (χ0) is 22.2. The standard InChI is InChI=1S/C26H28N4O2/c1-17-21(18(2)30-26(27-17)22-7-4-5-8-23(22)28-30)14-15-25(31)29-16-6-9-24(29)19-10-12-20(32-3)13-11-19/h4-5,7-8,10-13,24H,6,9,14-16H2,1-3H3/t24-/m0/s1. The van der Waals surface area contributed by atoms with E-state index in [4.69, 9.17) is 14.8 Å². The van der Waals surface area contributed by atoms with Crippen molar-refractivity contribution in [3.63, 3.8) is 0 Å². The molecule has 32 heavy (non-hydrogen) atoms. The summed E-state index contributed by atoms with van der Waals surface area (Å²) in [7, 11) is 1.67. The van der Waals surface area contributed by atoms with E-state index >= 15 is 0 Å². The van der Waals surface area contributed by atoms with Crippen LogP contribution in [0.3, 0.4) is 0 Å². The van der Waals surface area contributed by atoms with Crippen LogP contribution in [0.1, 0.15) is 47.8 Å². The fourth-order valence-corrected chi connectivity index (χ4v) is 4.95. The maximum Gasteiger partial charge on any atom is 0.223 e. The van der Waals surface area contributed by atoms with E-state index in [9.17, 15) is 4.79 Å². The molecule has 1 amide bonds. The summed E-state index contributed by atoms with van der Waals surface area (Å²) in [5, 5.41) is 5.79. The van der Waals surface area contributed by atoms with Gasteiger partial charge in [0.15, 0.2) is 5.65 Å². The van der Waals surface area contributed by atoms with Crippen LogP contribution in [0.2, 0.25) is 0 Å². The zero-order valence-corrected chi connectivity index (χ0v) is 18.8. The topological polar surface area (TPSA) is 59.7 Å². The third-order valence-corrected chi connectivity index (χ3v) is 6.68. The second-order valence-corrected chi connectivity index (χ2v) is 8.53. The van der Waals surface area contributed by atoms with Crippen molar-refractivity contribution in [1.29, 1.82) is 0 Å². The minimum absolute atomic E-state index is 0.146. The molecule has 0 unspecified atom stereocenters. The van der Waals surface area contributed by atoms with Crippen LogP contribution >= 0.6 is 0 Å². The first-order valence-electron chi connectivity index (χ1n) is 11.2. The Hall–Kier alpha value is -3.41. The highest BCUT2D eigenvalue weighted by Gasteiger charge is 2.30. The first-order valence-corrected chi connectivity index (χ1v) is 11.2. The first kappa shape index (κ1) is 20.5. The summed E-state index contributed by atoms with van der Waals surface area (Å²) < 4.78 is 7.20. The van der Waals surface area contributed by atoms with Crippen LogP contribution in [-0.4, -0.2) is 39.1 Å². The molecular weight excluding hydrogens is 400 g/mol. The van der Waals surface area contributed by atoms with Crippen molar-refractivity contribution >= 4 is 22.5 Å². The van der Waals surface area contributed by atoms with Crippen molar-refractivity contribution < 1.29 is 9.53 Å². The Kier molecular flexibility index (Phi) is 5.29. The molecule has 4 aromatic rings. The number of nitrogens with zero attached hydrogens (tertiary/aromatic N) is 4. The van der Waals surface area contributed by atoms with Gasteiger partial charge in [-0.25, -0.2) is 9.50 Å². The average molecular weight is 429 g/mol. The Labute approximate surface area is 187 Å². The highest BCUT2D eigenvalue weighted by molar-refractivity contribution is 5.92. The van der Waals surface area contributed by atoms with Gasteiger partial charge in [0.05, 0.1) is 18.7 Å². The van der Waals surface area contributed by atoms with Gasteiger partial charge in [-0.2, -0.15) is 5.10 Å². The number of ether oxygens (including phenoxy) is 1. The number of benzene rings is 2. The average Bonchev–Trinajstić information content (AvgIpc) is 3.44. The maximum absolute atomic E-state index is 13.2. The highest BCUT2D eigenvalue weighted by atomic mass is 16.5. The molecule has 2 aromatic carbocycles. The second-order valence-electron chi connectivity index (χ2n) is 8.53. The molecule has 0 spiro atoms. The smallest absolute Gasteiger partial charge is 0.223 e. The molecule has 6 heteroatoms. The quantitative estimate of drug-likeness (QED) is 0.458. The summed E-state index contributed by atoms with van der Waals surface area (Å²) in [6.07, 6.45) is 3.18. The zero-order valence-electron chi connectivity index (χ0n) is 18.8. The van der Waals surface area contributed by atoms with Gasteiger partial charge in [0.25, 0.3) is 0 Å². The summed E-state index contributed by atoms with van der Waals surface area (Å²) in [6.45, 7) is 4.92. The van der Waals surface area contributed by atoms with Crippen LogP contribution in [0.15, 0.2) is 48.5 Å². The maximum atomic E-state index is 13.2. The summed E-state index contributed by atoms with van der Waals surface area (Å²) in [6, 6.07) is 16.3. The third-order valence-electron chi connectivity index (χ3n) is 6.68. The van der Waals surface area contributed by atoms with E-state index in [1.165, 1.54) is 5.56 Å². The van der Waals surface area contributed by atoms with Crippen molar-refractivity contribution in [2.24, 2.45) is 0 Å². The number of rotatable bonds is 5. The van der Waals surface area contributed by atoms with Crippen LogP contribution < -0.4 is 4.74 Å². The monoisotopic (exact) mass is 428 g/mol. The third kappa shape index (κ3) is 3.49. The van der Waals surface area contributed by atoms with E-state index in [1.54, 1.807) is 7.11 Å². The van der Waals surface area contributed by atoms with E-state index in [0.717, 1.165) is 58.6 Å². The van der Waals surface area contributed by atoms with Gasteiger partial charge in [-0.15, -0.1) is 0 Å². The number of carbonyl (C=O) groups is 1. The molecular formula is C26H28N4O2. The number of hydrogen-bond acceptors (Lipinski definition) is 4. The van der Waals surface area contributed by atoms with Gasteiger partial charge in [0, 0.05) is 29.7 Å². The molecule has 6 nitrogen and oxygen atoms in total. The predicted octanol–water partition coefficient (Wildman–Crippen LogP) is 4.80.